The van der Waals surface area contributed by atoms with Gasteiger partial charge >= 0.3 is 5.97 Å². The van der Waals surface area contributed by atoms with Crippen molar-refractivity contribution in [3.63, 3.8) is 0 Å². The van der Waals surface area contributed by atoms with E-state index in [0.717, 1.165) is 29.7 Å². The van der Waals surface area contributed by atoms with Gasteiger partial charge in [-0.3, -0.25) is 4.79 Å². The van der Waals surface area contributed by atoms with Crippen LogP contribution in [0.15, 0.2) is 18.2 Å². The van der Waals surface area contributed by atoms with Crippen molar-refractivity contribution in [2.24, 2.45) is 0 Å². The van der Waals surface area contributed by atoms with Crippen LogP contribution in [0, 0.1) is 12.7 Å². The highest BCUT2D eigenvalue weighted by Gasteiger charge is 2.36. The molecule has 8 heteroatoms. The molecular weight excluding hydrogens is 365 g/mol. The zero-order valence-corrected chi connectivity index (χ0v) is 15.8. The van der Waals surface area contributed by atoms with Crippen LogP contribution in [0.2, 0.25) is 0 Å². The highest BCUT2D eigenvalue weighted by Crippen LogP contribution is 2.31. The average molecular weight is 387 g/mol. The van der Waals surface area contributed by atoms with Gasteiger partial charge in [0.1, 0.15) is 11.5 Å². The number of aryl methyl sites for hydroxylation is 1. The maximum absolute atomic E-state index is 14.5. The third-order valence-electron chi connectivity index (χ3n) is 5.36. The standard InChI is InChI=1S/C20H22FN3O4/c1-11-5-3-7-14(21)18(11)24-15-8-4-6-13(15)17(22-24)19(25)23-9-12(2)28-16(10-23)20(26)27/h3,5,7,12,16H,4,6,8-10H2,1-2H3,(H,26,27)/t12-,16?/m1/s1. The van der Waals surface area contributed by atoms with E-state index in [9.17, 15) is 19.1 Å². The van der Waals surface area contributed by atoms with Crippen molar-refractivity contribution in [1.82, 2.24) is 14.7 Å². The fraction of sp³-hybridized carbons (Fsp3) is 0.450. The molecule has 0 radical (unpaired) electrons. The predicted molar refractivity (Wildman–Crippen MR) is 98.2 cm³/mol. The number of carbonyl (C=O) groups excluding carboxylic acids is 1. The normalized spacial score (nSPS) is 21.6. The van der Waals surface area contributed by atoms with Crippen molar-refractivity contribution in [1.29, 1.82) is 0 Å². The number of hydrogen-bond acceptors (Lipinski definition) is 4. The molecule has 0 spiro atoms. The summed E-state index contributed by atoms with van der Waals surface area (Å²) in [5, 5.41) is 13.8. The minimum absolute atomic E-state index is 0.0289. The predicted octanol–water partition coefficient (Wildman–Crippen LogP) is 2.12. The number of amides is 1. The first-order valence-corrected chi connectivity index (χ1v) is 9.40. The van der Waals surface area contributed by atoms with Crippen LogP contribution in [0.3, 0.4) is 0 Å². The number of ether oxygens (including phenoxy) is 1. The van der Waals surface area contributed by atoms with Crippen LogP contribution in [0.4, 0.5) is 4.39 Å². The smallest absolute Gasteiger partial charge is 0.334 e. The van der Waals surface area contributed by atoms with E-state index in [4.69, 9.17) is 4.74 Å². The summed E-state index contributed by atoms with van der Waals surface area (Å²) >= 11 is 0. The van der Waals surface area contributed by atoms with Gasteiger partial charge in [0.25, 0.3) is 5.91 Å². The molecule has 1 fully saturated rings. The van der Waals surface area contributed by atoms with Gasteiger partial charge in [-0.05, 0) is 44.7 Å². The summed E-state index contributed by atoms with van der Waals surface area (Å²) in [5.41, 5.74) is 3.07. The molecule has 2 aliphatic rings. The van der Waals surface area contributed by atoms with Gasteiger partial charge in [-0.15, -0.1) is 0 Å². The van der Waals surface area contributed by atoms with Crippen LogP contribution in [-0.4, -0.2) is 57.0 Å². The summed E-state index contributed by atoms with van der Waals surface area (Å²) < 4.78 is 21.5. The second kappa shape index (κ2) is 7.01. The SMILES string of the molecule is Cc1cccc(F)c1-n1nc(C(=O)N2CC(C(=O)O)O[C@H](C)C2)c2c1CCC2. The summed E-state index contributed by atoms with van der Waals surface area (Å²) in [4.78, 5) is 26.0. The zero-order valence-electron chi connectivity index (χ0n) is 15.8. The van der Waals surface area contributed by atoms with Gasteiger partial charge in [0.15, 0.2) is 11.8 Å². The van der Waals surface area contributed by atoms with E-state index in [-0.39, 0.29) is 30.1 Å². The Morgan fingerprint density at radius 1 is 1.29 bits per heavy atom. The molecule has 2 aromatic rings. The first-order valence-electron chi connectivity index (χ1n) is 9.40. The number of halogens is 1. The number of carbonyl (C=O) groups is 2. The number of para-hydroxylation sites is 1. The Labute approximate surface area is 161 Å². The minimum atomic E-state index is -1.10. The number of carboxylic acid groups (broad SMARTS) is 1. The third kappa shape index (κ3) is 3.07. The highest BCUT2D eigenvalue weighted by atomic mass is 19.1. The molecule has 1 saturated heterocycles. The lowest BCUT2D eigenvalue weighted by molar-refractivity contribution is -0.160. The van der Waals surface area contributed by atoms with Gasteiger partial charge in [0.2, 0.25) is 0 Å². The molecule has 1 aliphatic carbocycles. The van der Waals surface area contributed by atoms with Gasteiger partial charge in [-0.25, -0.2) is 13.9 Å². The Morgan fingerprint density at radius 2 is 2.07 bits per heavy atom. The average Bonchev–Trinajstić information content (AvgIpc) is 3.24. The Balaban J connectivity index is 1.73. The first kappa shape index (κ1) is 18.6. The van der Waals surface area contributed by atoms with Crippen LogP contribution in [0.1, 0.15) is 40.7 Å². The molecule has 1 aromatic carbocycles. The topological polar surface area (TPSA) is 84.7 Å². The summed E-state index contributed by atoms with van der Waals surface area (Å²) in [5.74, 6) is -1.81. The van der Waals surface area contributed by atoms with Gasteiger partial charge in [0, 0.05) is 17.8 Å². The summed E-state index contributed by atoms with van der Waals surface area (Å²) in [7, 11) is 0. The van der Waals surface area contributed by atoms with Gasteiger partial charge in [0.05, 0.1) is 12.6 Å². The summed E-state index contributed by atoms with van der Waals surface area (Å²) in [6.07, 6.45) is 0.852. The fourth-order valence-corrected chi connectivity index (χ4v) is 4.09. The van der Waals surface area contributed by atoms with E-state index < -0.39 is 12.1 Å². The molecule has 28 heavy (non-hydrogen) atoms. The minimum Gasteiger partial charge on any atom is -0.479 e. The fourth-order valence-electron chi connectivity index (χ4n) is 4.09. The van der Waals surface area contributed by atoms with Crippen molar-refractivity contribution in [2.45, 2.75) is 45.3 Å². The van der Waals surface area contributed by atoms with Crippen molar-refractivity contribution < 1.29 is 23.8 Å². The van der Waals surface area contributed by atoms with Crippen molar-refractivity contribution in [3.8, 4) is 5.69 Å². The Hall–Kier alpha value is -2.74. The van der Waals surface area contributed by atoms with Crippen LogP contribution >= 0.6 is 0 Å². The lowest BCUT2D eigenvalue weighted by Gasteiger charge is -2.34. The number of rotatable bonds is 3. The van der Waals surface area contributed by atoms with Crippen LogP contribution in [0.5, 0.6) is 0 Å². The maximum Gasteiger partial charge on any atom is 0.334 e. The zero-order chi connectivity index (χ0) is 20.0. The van der Waals surface area contributed by atoms with Gasteiger partial charge in [-0.1, -0.05) is 12.1 Å². The number of benzene rings is 1. The second-order valence-corrected chi connectivity index (χ2v) is 7.43. The second-order valence-electron chi connectivity index (χ2n) is 7.43. The number of aromatic nitrogens is 2. The van der Waals surface area contributed by atoms with Crippen LogP contribution in [0.25, 0.3) is 5.69 Å². The van der Waals surface area contributed by atoms with Crippen LogP contribution < -0.4 is 0 Å². The number of fused-ring (bicyclic) bond motifs is 1. The Kier molecular flexibility index (Phi) is 4.66. The lowest BCUT2D eigenvalue weighted by atomic mass is 10.1. The molecule has 1 aliphatic heterocycles. The van der Waals surface area contributed by atoms with Gasteiger partial charge < -0.3 is 14.7 Å². The lowest BCUT2D eigenvalue weighted by Crippen LogP contribution is -2.52. The third-order valence-corrected chi connectivity index (χ3v) is 5.36. The molecule has 1 unspecified atom stereocenters. The molecule has 4 rings (SSSR count). The van der Waals surface area contributed by atoms with Crippen molar-refractivity contribution >= 4 is 11.9 Å². The largest absolute Gasteiger partial charge is 0.479 e. The Bertz CT molecular complexity index is 935. The molecule has 1 aromatic heterocycles. The van der Waals surface area contributed by atoms with E-state index >= 15 is 0 Å². The number of morpholine rings is 1. The molecule has 2 atom stereocenters. The molecule has 2 heterocycles. The molecule has 0 saturated carbocycles. The van der Waals surface area contributed by atoms with Crippen LogP contribution in [-0.2, 0) is 22.4 Å². The molecule has 1 amide bonds. The quantitative estimate of drug-likeness (QED) is 0.872. The van der Waals surface area contributed by atoms with E-state index in [1.54, 1.807) is 17.7 Å². The van der Waals surface area contributed by atoms with Crippen molar-refractivity contribution in [3.05, 3.63) is 46.5 Å². The van der Waals surface area contributed by atoms with Crippen molar-refractivity contribution in [2.75, 3.05) is 13.1 Å². The number of aliphatic carboxylic acids is 1. The monoisotopic (exact) mass is 387 g/mol. The number of hydrogen-bond donors (Lipinski definition) is 1. The van der Waals surface area contributed by atoms with E-state index in [0.29, 0.717) is 18.7 Å². The first-order chi connectivity index (χ1) is 13.4. The molecule has 1 N–H and O–H groups in total. The van der Waals surface area contributed by atoms with E-state index in [1.807, 2.05) is 13.0 Å². The maximum atomic E-state index is 14.5. The molecule has 0 bridgehead atoms. The summed E-state index contributed by atoms with van der Waals surface area (Å²) in [6, 6.07) is 4.84. The van der Waals surface area contributed by atoms with Gasteiger partial charge in [-0.2, -0.15) is 5.10 Å². The number of carboxylic acids is 1. The molecular formula is C20H22FN3O4. The number of nitrogens with zero attached hydrogens (tertiary/aromatic N) is 3. The highest BCUT2D eigenvalue weighted by molar-refractivity contribution is 5.95. The van der Waals surface area contributed by atoms with E-state index in [2.05, 4.69) is 5.10 Å². The van der Waals surface area contributed by atoms with E-state index in [1.165, 1.54) is 11.0 Å². The Morgan fingerprint density at radius 3 is 2.79 bits per heavy atom. The summed E-state index contributed by atoms with van der Waals surface area (Å²) in [6.45, 7) is 3.81. The molecule has 7 nitrogen and oxygen atoms in total. The molecule has 148 valence electrons.